The van der Waals surface area contributed by atoms with E-state index in [4.69, 9.17) is 9.73 Å². The molecule has 22 heavy (non-hydrogen) atoms. The van der Waals surface area contributed by atoms with E-state index in [9.17, 15) is 0 Å². The molecule has 0 radical (unpaired) electrons. The molecule has 2 atom stereocenters. The first-order valence-corrected chi connectivity index (χ1v) is 8.26. The van der Waals surface area contributed by atoms with Gasteiger partial charge >= 0.3 is 0 Å². The van der Waals surface area contributed by atoms with Gasteiger partial charge < -0.3 is 4.74 Å². The standard InChI is InChI=1S/C20H21NO/c1-4-10-16(11-5-1)19-21-20(17-12-6-2-7-13-17)15-9-3-8-14-18(20)22-19/h1-2,4-7,10-13,18H,3,8-9,14-15H2/t18-,20-/m0/s1. The Hall–Kier alpha value is -2.09. The Balaban J connectivity index is 1.81. The summed E-state index contributed by atoms with van der Waals surface area (Å²) in [7, 11) is 0. The third-order valence-electron chi connectivity index (χ3n) is 4.91. The highest BCUT2D eigenvalue weighted by Crippen LogP contribution is 2.45. The van der Waals surface area contributed by atoms with Crippen molar-refractivity contribution in [1.29, 1.82) is 0 Å². The molecule has 0 aromatic heterocycles. The van der Waals surface area contributed by atoms with Crippen LogP contribution in [0.15, 0.2) is 65.7 Å². The lowest BCUT2D eigenvalue weighted by molar-refractivity contribution is 0.127. The van der Waals surface area contributed by atoms with E-state index in [1.54, 1.807) is 0 Å². The van der Waals surface area contributed by atoms with E-state index in [0.29, 0.717) is 0 Å². The van der Waals surface area contributed by atoms with E-state index >= 15 is 0 Å². The third-order valence-corrected chi connectivity index (χ3v) is 4.91. The molecule has 0 saturated heterocycles. The van der Waals surface area contributed by atoms with Gasteiger partial charge in [-0.05, 0) is 37.0 Å². The van der Waals surface area contributed by atoms with Gasteiger partial charge in [0.25, 0.3) is 0 Å². The van der Waals surface area contributed by atoms with Crippen molar-refractivity contribution in [3.63, 3.8) is 0 Å². The van der Waals surface area contributed by atoms with Crippen LogP contribution < -0.4 is 0 Å². The highest BCUT2D eigenvalue weighted by molar-refractivity contribution is 5.95. The van der Waals surface area contributed by atoms with Crippen molar-refractivity contribution in [2.45, 2.75) is 43.7 Å². The first-order chi connectivity index (χ1) is 10.9. The first-order valence-electron chi connectivity index (χ1n) is 8.26. The van der Waals surface area contributed by atoms with E-state index in [-0.39, 0.29) is 11.6 Å². The van der Waals surface area contributed by atoms with E-state index in [0.717, 1.165) is 24.3 Å². The van der Waals surface area contributed by atoms with Crippen LogP contribution in [0.1, 0.15) is 43.2 Å². The van der Waals surface area contributed by atoms with Crippen molar-refractivity contribution in [3.05, 3.63) is 71.8 Å². The molecule has 4 rings (SSSR count). The summed E-state index contributed by atoms with van der Waals surface area (Å²) in [6, 6.07) is 21.0. The lowest BCUT2D eigenvalue weighted by Gasteiger charge is -2.30. The zero-order valence-electron chi connectivity index (χ0n) is 12.7. The number of aliphatic imine (C=N–C) groups is 1. The van der Waals surface area contributed by atoms with Crippen molar-refractivity contribution < 1.29 is 4.74 Å². The molecule has 2 aromatic carbocycles. The summed E-state index contributed by atoms with van der Waals surface area (Å²) in [4.78, 5) is 5.14. The molecular weight excluding hydrogens is 270 g/mol. The molecule has 2 nitrogen and oxygen atoms in total. The highest BCUT2D eigenvalue weighted by Gasteiger charge is 2.47. The van der Waals surface area contributed by atoms with Crippen molar-refractivity contribution in [2.24, 2.45) is 4.99 Å². The van der Waals surface area contributed by atoms with Crippen LogP contribution >= 0.6 is 0 Å². The lowest BCUT2D eigenvalue weighted by atomic mass is 9.82. The Bertz CT molecular complexity index is 665. The fourth-order valence-corrected chi connectivity index (χ4v) is 3.76. The molecule has 0 spiro atoms. The summed E-state index contributed by atoms with van der Waals surface area (Å²) in [5.41, 5.74) is 2.20. The monoisotopic (exact) mass is 291 g/mol. The largest absolute Gasteiger partial charge is 0.471 e. The molecule has 2 aliphatic rings. The van der Waals surface area contributed by atoms with E-state index < -0.39 is 0 Å². The van der Waals surface area contributed by atoms with E-state index in [1.807, 2.05) is 18.2 Å². The van der Waals surface area contributed by atoms with Gasteiger partial charge in [0.15, 0.2) is 0 Å². The summed E-state index contributed by atoms with van der Waals surface area (Å²) < 4.78 is 6.34. The topological polar surface area (TPSA) is 21.6 Å². The molecule has 0 unspecified atom stereocenters. The van der Waals surface area contributed by atoms with Crippen LogP contribution in [-0.4, -0.2) is 12.0 Å². The maximum absolute atomic E-state index is 6.34. The molecule has 1 saturated carbocycles. The normalized spacial score (nSPS) is 27.5. The predicted octanol–water partition coefficient (Wildman–Crippen LogP) is 4.69. The maximum Gasteiger partial charge on any atom is 0.217 e. The Kier molecular flexibility index (Phi) is 3.45. The zero-order valence-corrected chi connectivity index (χ0v) is 12.7. The maximum atomic E-state index is 6.34. The lowest BCUT2D eigenvalue weighted by Crippen LogP contribution is -2.34. The minimum absolute atomic E-state index is 0.174. The number of benzene rings is 2. The summed E-state index contributed by atoms with van der Waals surface area (Å²) >= 11 is 0. The minimum Gasteiger partial charge on any atom is -0.471 e. The number of fused-ring (bicyclic) bond motifs is 1. The van der Waals surface area contributed by atoms with Crippen LogP contribution in [0.4, 0.5) is 0 Å². The Morgan fingerprint density at radius 2 is 1.59 bits per heavy atom. The second-order valence-corrected chi connectivity index (χ2v) is 6.28. The molecule has 1 aliphatic heterocycles. The molecule has 1 heterocycles. The summed E-state index contributed by atoms with van der Waals surface area (Å²) in [6.07, 6.45) is 6.08. The molecule has 0 amide bonds. The van der Waals surface area contributed by atoms with Crippen molar-refractivity contribution in [2.75, 3.05) is 0 Å². The summed E-state index contributed by atoms with van der Waals surface area (Å²) in [5.74, 6) is 0.816. The first kappa shape index (κ1) is 13.6. The van der Waals surface area contributed by atoms with Gasteiger partial charge in [0.1, 0.15) is 11.6 Å². The Morgan fingerprint density at radius 1 is 0.864 bits per heavy atom. The van der Waals surface area contributed by atoms with Gasteiger partial charge in [-0.1, -0.05) is 61.4 Å². The molecule has 2 heteroatoms. The number of nitrogens with zero attached hydrogens (tertiary/aromatic N) is 1. The van der Waals surface area contributed by atoms with Crippen LogP contribution in [0.25, 0.3) is 0 Å². The van der Waals surface area contributed by atoms with Gasteiger partial charge in [-0.2, -0.15) is 0 Å². The van der Waals surface area contributed by atoms with Gasteiger partial charge in [-0.3, -0.25) is 0 Å². The quantitative estimate of drug-likeness (QED) is 0.786. The number of ether oxygens (including phenoxy) is 1. The molecule has 0 N–H and O–H groups in total. The molecule has 112 valence electrons. The zero-order chi connectivity index (χ0) is 14.8. The SMILES string of the molecule is c1ccc(C2=N[C@]3(c4ccccc4)CCCCC[C@@H]3O2)cc1. The highest BCUT2D eigenvalue weighted by atomic mass is 16.5. The van der Waals surface area contributed by atoms with Gasteiger partial charge in [0.2, 0.25) is 5.90 Å². The van der Waals surface area contributed by atoms with Crippen LogP contribution in [0.5, 0.6) is 0 Å². The van der Waals surface area contributed by atoms with Gasteiger partial charge in [0, 0.05) is 5.56 Å². The van der Waals surface area contributed by atoms with Crippen LogP contribution in [0.3, 0.4) is 0 Å². The molecule has 1 fully saturated rings. The number of hydrogen-bond donors (Lipinski definition) is 0. The smallest absolute Gasteiger partial charge is 0.217 e. The number of hydrogen-bond acceptors (Lipinski definition) is 2. The van der Waals surface area contributed by atoms with E-state index in [1.165, 1.54) is 24.8 Å². The fourth-order valence-electron chi connectivity index (χ4n) is 3.76. The summed E-state index contributed by atoms with van der Waals surface area (Å²) in [6.45, 7) is 0. The van der Waals surface area contributed by atoms with Crippen molar-refractivity contribution in [3.8, 4) is 0 Å². The van der Waals surface area contributed by atoms with Crippen LogP contribution in [0, 0.1) is 0 Å². The second-order valence-electron chi connectivity index (χ2n) is 6.28. The van der Waals surface area contributed by atoms with Crippen molar-refractivity contribution in [1.82, 2.24) is 0 Å². The van der Waals surface area contributed by atoms with Gasteiger partial charge in [-0.25, -0.2) is 4.99 Å². The second kappa shape index (κ2) is 5.60. The molecular formula is C20H21NO. The molecule has 1 aliphatic carbocycles. The molecule has 2 aromatic rings. The van der Waals surface area contributed by atoms with Crippen LogP contribution in [0.2, 0.25) is 0 Å². The average Bonchev–Trinajstić information content (AvgIpc) is 2.85. The predicted molar refractivity (Wildman–Crippen MR) is 89.1 cm³/mol. The van der Waals surface area contributed by atoms with Gasteiger partial charge in [-0.15, -0.1) is 0 Å². The molecule has 0 bridgehead atoms. The minimum atomic E-state index is -0.192. The number of rotatable bonds is 2. The van der Waals surface area contributed by atoms with Gasteiger partial charge in [0.05, 0.1) is 0 Å². The Morgan fingerprint density at radius 3 is 2.36 bits per heavy atom. The average molecular weight is 291 g/mol. The summed E-state index contributed by atoms with van der Waals surface area (Å²) in [5, 5.41) is 0. The third kappa shape index (κ3) is 2.23. The Labute approximate surface area is 131 Å². The van der Waals surface area contributed by atoms with Crippen LogP contribution in [-0.2, 0) is 10.3 Å². The van der Waals surface area contributed by atoms with Crippen molar-refractivity contribution >= 4 is 5.90 Å². The van der Waals surface area contributed by atoms with E-state index in [2.05, 4.69) is 42.5 Å². The fraction of sp³-hybridized carbons (Fsp3) is 0.350.